The normalized spacial score (nSPS) is 6.78. The molecule has 0 aromatic heterocycles. The Labute approximate surface area is 122 Å². The zero-order chi connectivity index (χ0) is 15.4. The summed E-state index contributed by atoms with van der Waals surface area (Å²) in [6.07, 6.45) is 3.23. The van der Waals surface area contributed by atoms with E-state index in [0.717, 1.165) is 6.42 Å². The van der Waals surface area contributed by atoms with Crippen LogP contribution < -0.4 is 0 Å². The van der Waals surface area contributed by atoms with Crippen LogP contribution in [0.5, 0.6) is 0 Å². The molecule has 110 valence electrons. The van der Waals surface area contributed by atoms with Crippen LogP contribution in [0.2, 0.25) is 0 Å². The molecule has 0 bridgehead atoms. The van der Waals surface area contributed by atoms with Crippen molar-refractivity contribution in [2.45, 2.75) is 73.6 Å². The van der Waals surface area contributed by atoms with Gasteiger partial charge in [-0.3, -0.25) is 0 Å². The van der Waals surface area contributed by atoms with Crippen LogP contribution in [0.3, 0.4) is 0 Å². The van der Waals surface area contributed by atoms with Gasteiger partial charge in [-0.2, -0.15) is 0 Å². The van der Waals surface area contributed by atoms with E-state index in [-0.39, 0.29) is 0 Å². The number of hydrogen-bond acceptors (Lipinski definition) is 1. The lowest BCUT2D eigenvalue weighted by atomic mass is 10.2. The Kier molecular flexibility index (Phi) is 43.7. The first-order valence-corrected chi connectivity index (χ1v) is 8.72. The molecule has 18 heavy (non-hydrogen) atoms. The fourth-order valence-electron chi connectivity index (χ4n) is 0.861. The Morgan fingerprint density at radius 2 is 1.06 bits per heavy atom. The molecule has 1 aromatic rings. The van der Waals surface area contributed by atoms with Crippen LogP contribution in [0.1, 0.15) is 67.9 Å². The minimum Gasteiger partial charge on any atom is -0.130 e. The highest BCUT2D eigenvalue weighted by atomic mass is 32.2. The fraction of sp³-hybridized carbons (Fsp3) is 0.647. The number of benzene rings is 1. The minimum atomic E-state index is 1.13. The quantitative estimate of drug-likeness (QED) is 0.518. The van der Waals surface area contributed by atoms with E-state index in [4.69, 9.17) is 0 Å². The van der Waals surface area contributed by atoms with Crippen molar-refractivity contribution in [3.8, 4) is 0 Å². The SMILES string of the molecule is CC.CC.CC.CC.CCc1ccc(SC)cc1. The second-order valence-electron chi connectivity index (χ2n) is 2.20. The van der Waals surface area contributed by atoms with Gasteiger partial charge in [0.05, 0.1) is 0 Å². The molecule has 0 aliphatic rings. The van der Waals surface area contributed by atoms with Gasteiger partial charge in [-0.05, 0) is 30.4 Å². The predicted molar refractivity (Wildman–Crippen MR) is 93.0 cm³/mol. The summed E-state index contributed by atoms with van der Waals surface area (Å²) in [5.74, 6) is 0. The van der Waals surface area contributed by atoms with Gasteiger partial charge in [0.15, 0.2) is 0 Å². The Bertz CT molecular complexity index is 166. The summed E-state index contributed by atoms with van der Waals surface area (Å²) < 4.78 is 0. The first-order valence-electron chi connectivity index (χ1n) is 7.49. The molecule has 1 rings (SSSR count). The fourth-order valence-corrected chi connectivity index (χ4v) is 1.27. The van der Waals surface area contributed by atoms with E-state index in [1.54, 1.807) is 11.8 Å². The topological polar surface area (TPSA) is 0 Å². The van der Waals surface area contributed by atoms with Crippen LogP contribution in [0.25, 0.3) is 0 Å². The standard InChI is InChI=1S/C9H12S.4C2H6/c1-3-8-4-6-9(10-2)7-5-8;4*1-2/h4-7H,3H2,1-2H3;4*1-2H3. The molecule has 0 radical (unpaired) electrons. The highest BCUT2D eigenvalue weighted by Gasteiger charge is 1.88. The maximum Gasteiger partial charge on any atom is 0.00693 e. The molecule has 1 heteroatoms. The van der Waals surface area contributed by atoms with Crippen LogP contribution in [0.15, 0.2) is 29.2 Å². The molecule has 0 atom stereocenters. The summed E-state index contributed by atoms with van der Waals surface area (Å²) >= 11 is 1.79. The lowest BCUT2D eigenvalue weighted by Crippen LogP contribution is -1.77. The van der Waals surface area contributed by atoms with Gasteiger partial charge in [0, 0.05) is 4.90 Å². The van der Waals surface area contributed by atoms with E-state index in [2.05, 4.69) is 37.4 Å². The first-order chi connectivity index (χ1) is 8.86. The van der Waals surface area contributed by atoms with Crippen molar-refractivity contribution >= 4 is 11.8 Å². The van der Waals surface area contributed by atoms with E-state index in [9.17, 15) is 0 Å². The summed E-state index contributed by atoms with van der Waals surface area (Å²) in [6.45, 7) is 18.2. The van der Waals surface area contributed by atoms with E-state index >= 15 is 0 Å². The molecular formula is C17H36S. The zero-order valence-corrected chi connectivity index (χ0v) is 15.2. The van der Waals surface area contributed by atoms with Crippen molar-refractivity contribution in [1.29, 1.82) is 0 Å². The second-order valence-corrected chi connectivity index (χ2v) is 3.08. The molecule has 0 N–H and O–H groups in total. The summed E-state index contributed by atoms with van der Waals surface area (Å²) in [4.78, 5) is 1.34. The molecule has 1 aromatic carbocycles. The smallest absolute Gasteiger partial charge is 0.00693 e. The second kappa shape index (κ2) is 30.0. The number of hydrogen-bond donors (Lipinski definition) is 0. The molecule has 0 aliphatic heterocycles. The van der Waals surface area contributed by atoms with Crippen LogP contribution in [0.4, 0.5) is 0 Å². The van der Waals surface area contributed by atoms with Gasteiger partial charge in [-0.15, -0.1) is 11.8 Å². The van der Waals surface area contributed by atoms with Gasteiger partial charge in [-0.1, -0.05) is 74.4 Å². The molecule has 0 saturated carbocycles. The van der Waals surface area contributed by atoms with E-state index in [0.29, 0.717) is 0 Å². The average Bonchev–Trinajstić information content (AvgIpc) is 2.55. The summed E-state index contributed by atoms with van der Waals surface area (Å²) in [7, 11) is 0. The van der Waals surface area contributed by atoms with Gasteiger partial charge in [0.25, 0.3) is 0 Å². The molecule has 0 unspecified atom stereocenters. The van der Waals surface area contributed by atoms with Gasteiger partial charge in [0.1, 0.15) is 0 Å². The van der Waals surface area contributed by atoms with Gasteiger partial charge in [0.2, 0.25) is 0 Å². The Morgan fingerprint density at radius 3 is 1.28 bits per heavy atom. The number of thioether (sulfide) groups is 1. The van der Waals surface area contributed by atoms with Crippen molar-refractivity contribution in [1.82, 2.24) is 0 Å². The van der Waals surface area contributed by atoms with E-state index in [1.807, 2.05) is 55.4 Å². The Hall–Kier alpha value is -0.430. The molecule has 0 aliphatic carbocycles. The summed E-state index contributed by atoms with van der Waals surface area (Å²) in [5, 5.41) is 0. The molecule has 0 nitrogen and oxygen atoms in total. The number of aryl methyl sites for hydroxylation is 1. The number of rotatable bonds is 2. The maximum atomic E-state index is 2.19. The van der Waals surface area contributed by atoms with Crippen molar-refractivity contribution in [2.24, 2.45) is 0 Å². The molecule has 0 saturated heterocycles. The van der Waals surface area contributed by atoms with Crippen LogP contribution in [-0.2, 0) is 6.42 Å². The van der Waals surface area contributed by atoms with Crippen LogP contribution in [0, 0.1) is 0 Å². The largest absolute Gasteiger partial charge is 0.130 e. The minimum absolute atomic E-state index is 1.13. The Balaban J connectivity index is -0.000000105. The zero-order valence-electron chi connectivity index (χ0n) is 14.4. The third-order valence-electron chi connectivity index (χ3n) is 1.57. The maximum absolute atomic E-state index is 2.19. The molecule has 0 heterocycles. The van der Waals surface area contributed by atoms with Crippen LogP contribution in [-0.4, -0.2) is 6.26 Å². The summed E-state index contributed by atoms with van der Waals surface area (Å²) in [5.41, 5.74) is 1.41. The summed E-state index contributed by atoms with van der Waals surface area (Å²) in [6, 6.07) is 8.71. The molecule has 0 amide bonds. The third-order valence-corrected chi connectivity index (χ3v) is 2.31. The van der Waals surface area contributed by atoms with Crippen molar-refractivity contribution in [3.05, 3.63) is 29.8 Å². The highest BCUT2D eigenvalue weighted by Crippen LogP contribution is 2.14. The first kappa shape index (κ1) is 26.2. The third kappa shape index (κ3) is 17.9. The van der Waals surface area contributed by atoms with Gasteiger partial charge >= 0.3 is 0 Å². The highest BCUT2D eigenvalue weighted by molar-refractivity contribution is 7.98. The monoisotopic (exact) mass is 272 g/mol. The predicted octanol–water partition coefficient (Wildman–Crippen LogP) is 7.08. The lowest BCUT2D eigenvalue weighted by Gasteiger charge is -1.97. The average molecular weight is 273 g/mol. The van der Waals surface area contributed by atoms with Gasteiger partial charge < -0.3 is 0 Å². The molecular weight excluding hydrogens is 236 g/mol. The van der Waals surface area contributed by atoms with Gasteiger partial charge in [-0.25, -0.2) is 0 Å². The van der Waals surface area contributed by atoms with Crippen molar-refractivity contribution in [2.75, 3.05) is 6.26 Å². The Morgan fingerprint density at radius 1 is 0.722 bits per heavy atom. The van der Waals surface area contributed by atoms with Crippen LogP contribution >= 0.6 is 11.8 Å². The lowest BCUT2D eigenvalue weighted by molar-refractivity contribution is 1.13. The van der Waals surface area contributed by atoms with E-state index < -0.39 is 0 Å². The molecule has 0 spiro atoms. The van der Waals surface area contributed by atoms with Crippen molar-refractivity contribution in [3.63, 3.8) is 0 Å². The molecule has 0 fully saturated rings. The van der Waals surface area contributed by atoms with Crippen molar-refractivity contribution < 1.29 is 0 Å². The van der Waals surface area contributed by atoms with E-state index in [1.165, 1.54) is 10.5 Å².